The number of hydrogen-bond donors (Lipinski definition) is 1. The minimum Gasteiger partial charge on any atom is -0.481 e. The SMILES string of the molecule is CC(Oc1ccccc1Cl)c1nnc(SCC(=O)Nc2nc(-c3ccc(Cl)cc3)cs2)n1C. The molecule has 7 nitrogen and oxygen atoms in total. The summed E-state index contributed by atoms with van der Waals surface area (Å²) in [4.78, 5) is 16.9. The second-order valence-electron chi connectivity index (χ2n) is 6.97. The average Bonchev–Trinajstić information content (AvgIpc) is 3.41. The van der Waals surface area contributed by atoms with E-state index in [0.29, 0.717) is 31.9 Å². The van der Waals surface area contributed by atoms with Crippen LogP contribution in [0.5, 0.6) is 5.75 Å². The third-order valence-electron chi connectivity index (χ3n) is 4.60. The summed E-state index contributed by atoms with van der Waals surface area (Å²) in [6.45, 7) is 1.87. The van der Waals surface area contributed by atoms with E-state index in [1.165, 1.54) is 23.1 Å². The van der Waals surface area contributed by atoms with E-state index < -0.39 is 0 Å². The van der Waals surface area contributed by atoms with Crippen LogP contribution in [0.3, 0.4) is 0 Å². The van der Waals surface area contributed by atoms with Crippen LogP contribution in [0.1, 0.15) is 18.9 Å². The van der Waals surface area contributed by atoms with Gasteiger partial charge in [0, 0.05) is 23.0 Å². The molecule has 1 atom stereocenters. The van der Waals surface area contributed by atoms with Crippen LogP contribution in [0.4, 0.5) is 5.13 Å². The molecule has 1 amide bonds. The maximum Gasteiger partial charge on any atom is 0.236 e. The number of thioether (sulfide) groups is 1. The van der Waals surface area contributed by atoms with Crippen LogP contribution in [0.25, 0.3) is 11.3 Å². The first-order chi connectivity index (χ1) is 15.9. The molecule has 0 fully saturated rings. The summed E-state index contributed by atoms with van der Waals surface area (Å²) in [5.74, 6) is 1.19. The zero-order valence-corrected chi connectivity index (χ0v) is 20.8. The number of carbonyl (C=O) groups is 1. The van der Waals surface area contributed by atoms with Crippen molar-refractivity contribution in [3.8, 4) is 17.0 Å². The molecule has 0 saturated carbocycles. The summed E-state index contributed by atoms with van der Waals surface area (Å²) in [7, 11) is 1.83. The fourth-order valence-corrected chi connectivity index (χ4v) is 4.72. The maximum atomic E-state index is 12.4. The number of rotatable bonds is 8. The Kier molecular flexibility index (Phi) is 7.54. The Morgan fingerprint density at radius 1 is 1.18 bits per heavy atom. The second kappa shape index (κ2) is 10.6. The minimum atomic E-state index is -0.368. The van der Waals surface area contributed by atoms with Crippen LogP contribution >= 0.6 is 46.3 Å². The monoisotopic (exact) mass is 519 g/mol. The Hall–Kier alpha value is -2.59. The van der Waals surface area contributed by atoms with Gasteiger partial charge < -0.3 is 14.6 Å². The number of halogens is 2. The molecule has 0 spiro atoms. The van der Waals surface area contributed by atoms with Gasteiger partial charge in [-0.15, -0.1) is 21.5 Å². The predicted octanol–water partition coefficient (Wildman–Crippen LogP) is 6.12. The quantitative estimate of drug-likeness (QED) is 0.282. The van der Waals surface area contributed by atoms with Crippen LogP contribution in [-0.2, 0) is 11.8 Å². The van der Waals surface area contributed by atoms with Crippen molar-refractivity contribution in [1.82, 2.24) is 19.7 Å². The zero-order chi connectivity index (χ0) is 23.4. The molecule has 0 bridgehead atoms. The number of hydrogen-bond acceptors (Lipinski definition) is 7. The van der Waals surface area contributed by atoms with Gasteiger partial charge in [0.2, 0.25) is 5.91 Å². The number of anilines is 1. The number of thiazole rings is 1. The van der Waals surface area contributed by atoms with Gasteiger partial charge in [0.25, 0.3) is 0 Å². The highest BCUT2D eigenvalue weighted by Crippen LogP contribution is 2.29. The van der Waals surface area contributed by atoms with Crippen LogP contribution in [0, 0.1) is 0 Å². The molecular weight excluding hydrogens is 501 g/mol. The highest BCUT2D eigenvalue weighted by Gasteiger charge is 2.19. The van der Waals surface area contributed by atoms with Gasteiger partial charge >= 0.3 is 0 Å². The Morgan fingerprint density at radius 3 is 2.70 bits per heavy atom. The fraction of sp³-hybridized carbons (Fsp3) is 0.182. The third kappa shape index (κ3) is 5.86. The predicted molar refractivity (Wildman–Crippen MR) is 133 cm³/mol. The number of amides is 1. The summed E-state index contributed by atoms with van der Waals surface area (Å²) in [6.07, 6.45) is -0.368. The first-order valence-electron chi connectivity index (χ1n) is 9.85. The first kappa shape index (κ1) is 23.6. The third-order valence-corrected chi connectivity index (χ3v) is 6.94. The van der Waals surface area contributed by atoms with Crippen LogP contribution in [-0.4, -0.2) is 31.4 Å². The van der Waals surface area contributed by atoms with Crippen LogP contribution < -0.4 is 10.1 Å². The number of benzene rings is 2. The van der Waals surface area contributed by atoms with Gasteiger partial charge in [0.1, 0.15) is 5.75 Å². The lowest BCUT2D eigenvalue weighted by atomic mass is 10.2. The number of ether oxygens (including phenoxy) is 1. The molecule has 2 aromatic heterocycles. The van der Waals surface area contributed by atoms with E-state index in [4.69, 9.17) is 27.9 Å². The van der Waals surface area contributed by atoms with Gasteiger partial charge in [-0.2, -0.15) is 0 Å². The molecule has 0 aliphatic heterocycles. The van der Waals surface area contributed by atoms with Gasteiger partial charge in [-0.3, -0.25) is 4.79 Å². The molecule has 0 radical (unpaired) electrons. The van der Waals surface area contributed by atoms with Crippen molar-refractivity contribution in [3.05, 3.63) is 69.8 Å². The van der Waals surface area contributed by atoms with Gasteiger partial charge in [0.05, 0.1) is 16.5 Å². The van der Waals surface area contributed by atoms with Gasteiger partial charge in [-0.1, -0.05) is 59.2 Å². The zero-order valence-electron chi connectivity index (χ0n) is 17.7. The van der Waals surface area contributed by atoms with E-state index in [2.05, 4.69) is 20.5 Å². The summed E-state index contributed by atoms with van der Waals surface area (Å²) >= 11 is 14.7. The summed E-state index contributed by atoms with van der Waals surface area (Å²) < 4.78 is 7.72. The standard InChI is InChI=1S/C22H19Cl2N5O2S2/c1-13(31-18-6-4-3-5-16(18)24)20-27-28-22(29(20)2)33-12-19(30)26-21-25-17(11-32-21)14-7-9-15(23)10-8-14/h3-11,13H,12H2,1-2H3,(H,25,26,30). The van der Waals surface area contributed by atoms with Crippen molar-refractivity contribution >= 4 is 57.3 Å². The number of carbonyl (C=O) groups excluding carboxylic acids is 1. The lowest BCUT2D eigenvalue weighted by Gasteiger charge is -2.15. The molecule has 4 rings (SSSR count). The molecule has 33 heavy (non-hydrogen) atoms. The molecular formula is C22H19Cl2N5O2S2. The molecule has 0 saturated heterocycles. The number of nitrogens with zero attached hydrogens (tertiary/aromatic N) is 4. The van der Waals surface area contributed by atoms with Crippen molar-refractivity contribution in [1.29, 1.82) is 0 Å². The largest absolute Gasteiger partial charge is 0.481 e. The van der Waals surface area contributed by atoms with E-state index in [1.54, 1.807) is 24.3 Å². The molecule has 2 heterocycles. The number of aromatic nitrogens is 4. The summed E-state index contributed by atoms with van der Waals surface area (Å²) in [5, 5.41) is 15.5. The van der Waals surface area contributed by atoms with Crippen molar-refractivity contribution in [3.63, 3.8) is 0 Å². The van der Waals surface area contributed by atoms with Gasteiger partial charge in [0.15, 0.2) is 22.2 Å². The Balaban J connectivity index is 1.33. The smallest absolute Gasteiger partial charge is 0.236 e. The van der Waals surface area contributed by atoms with E-state index in [0.717, 1.165) is 11.3 Å². The molecule has 170 valence electrons. The van der Waals surface area contributed by atoms with E-state index >= 15 is 0 Å². The molecule has 2 aromatic carbocycles. The lowest BCUT2D eigenvalue weighted by Crippen LogP contribution is -2.14. The Labute approximate surface area is 209 Å². The molecule has 0 aliphatic carbocycles. The molecule has 11 heteroatoms. The number of nitrogens with one attached hydrogen (secondary N) is 1. The van der Waals surface area contributed by atoms with Crippen molar-refractivity contribution in [2.24, 2.45) is 7.05 Å². The highest BCUT2D eigenvalue weighted by molar-refractivity contribution is 7.99. The first-order valence-corrected chi connectivity index (χ1v) is 12.5. The van der Waals surface area contributed by atoms with Gasteiger partial charge in [-0.05, 0) is 31.2 Å². The highest BCUT2D eigenvalue weighted by atomic mass is 35.5. The summed E-state index contributed by atoms with van der Waals surface area (Å²) in [6, 6.07) is 14.6. The number of para-hydroxylation sites is 1. The van der Waals surface area contributed by atoms with Crippen LogP contribution in [0.15, 0.2) is 59.1 Å². The molecule has 1 N–H and O–H groups in total. The lowest BCUT2D eigenvalue weighted by molar-refractivity contribution is -0.113. The molecule has 0 aliphatic rings. The van der Waals surface area contributed by atoms with Crippen molar-refractivity contribution in [2.45, 2.75) is 18.2 Å². The minimum absolute atomic E-state index is 0.168. The van der Waals surface area contributed by atoms with Crippen LogP contribution in [0.2, 0.25) is 10.0 Å². The van der Waals surface area contributed by atoms with E-state index in [9.17, 15) is 4.79 Å². The van der Waals surface area contributed by atoms with E-state index in [1.807, 2.05) is 48.2 Å². The van der Waals surface area contributed by atoms with E-state index in [-0.39, 0.29) is 17.8 Å². The average molecular weight is 520 g/mol. The fourth-order valence-electron chi connectivity index (χ4n) is 2.96. The second-order valence-corrected chi connectivity index (χ2v) is 9.62. The Morgan fingerprint density at radius 2 is 1.94 bits per heavy atom. The molecule has 4 aromatic rings. The Bertz CT molecular complexity index is 1260. The maximum absolute atomic E-state index is 12.4. The normalized spacial score (nSPS) is 11.9. The topological polar surface area (TPSA) is 81.9 Å². The molecule has 1 unspecified atom stereocenters. The summed E-state index contributed by atoms with van der Waals surface area (Å²) in [5.41, 5.74) is 1.72. The van der Waals surface area contributed by atoms with Crippen molar-refractivity contribution in [2.75, 3.05) is 11.1 Å². The van der Waals surface area contributed by atoms with Crippen molar-refractivity contribution < 1.29 is 9.53 Å². The van der Waals surface area contributed by atoms with Gasteiger partial charge in [-0.25, -0.2) is 4.98 Å².